The monoisotopic (exact) mass is 572 g/mol. The van der Waals surface area contributed by atoms with Crippen LogP contribution in [0.2, 0.25) is 0 Å². The molecule has 3 heterocycles. The van der Waals surface area contributed by atoms with Gasteiger partial charge in [0.05, 0.1) is 13.2 Å². The van der Waals surface area contributed by atoms with Crippen LogP contribution in [-0.4, -0.2) is 129 Å². The Morgan fingerprint density at radius 2 is 1.74 bits per heavy atom. The van der Waals surface area contributed by atoms with Crippen molar-refractivity contribution in [2.24, 2.45) is 0 Å². The first-order valence-electron chi connectivity index (χ1n) is 12.6. The van der Waals surface area contributed by atoms with Crippen LogP contribution in [0.1, 0.15) is 11.1 Å². The van der Waals surface area contributed by atoms with E-state index in [1.54, 1.807) is 12.1 Å². The second-order valence-electron chi connectivity index (χ2n) is 10.2. The lowest BCUT2D eigenvalue weighted by Crippen LogP contribution is -2.86. The van der Waals surface area contributed by atoms with Crippen molar-refractivity contribution in [3.05, 3.63) is 69.4 Å². The lowest BCUT2D eigenvalue weighted by molar-refractivity contribution is -0.362. The van der Waals surface area contributed by atoms with Crippen molar-refractivity contribution >= 4 is 49.1 Å². The van der Waals surface area contributed by atoms with Crippen molar-refractivity contribution in [2.75, 3.05) is 32.8 Å². The van der Waals surface area contributed by atoms with Gasteiger partial charge in [-0.25, -0.2) is 4.39 Å². The molecule has 8 radical (unpaired) electrons. The van der Waals surface area contributed by atoms with Crippen LogP contribution in [0, 0.1) is 5.82 Å². The minimum Gasteiger partial charge on any atom is -0.393 e. The van der Waals surface area contributed by atoms with Crippen LogP contribution in [0.15, 0.2) is 52.5 Å². The molecule has 17 heteroatoms. The summed E-state index contributed by atoms with van der Waals surface area (Å²) < 4.78 is 20.0. The number of allylic oxidation sites excluding steroid dienone is 2. The number of hydrogen-bond acceptors (Lipinski definition) is 10. The van der Waals surface area contributed by atoms with E-state index in [-0.39, 0.29) is 28.8 Å². The van der Waals surface area contributed by atoms with E-state index in [0.29, 0.717) is 24.7 Å². The Kier molecular flexibility index (Phi) is 8.67. The van der Waals surface area contributed by atoms with Crippen LogP contribution in [0.25, 0.3) is 0 Å². The molecular weight excluding hydrogens is 547 g/mol. The molecule has 0 aromatic heterocycles. The summed E-state index contributed by atoms with van der Waals surface area (Å²) in [5.74, 6) is -13.5. The SMILES string of the molecule is [B]C(=C)/C([B])=C1/C(=O)N(C2([B])C(=O)NC(=O)C(O)(O)C2(O)O)C/C1=C(/[B])NCc1cc(CN2CCOCC2)ccc1F. The molecule has 3 fully saturated rings. The number of carbonyl (C=O) groups is 3. The van der Waals surface area contributed by atoms with E-state index in [1.165, 1.54) is 11.4 Å². The third-order valence-corrected chi connectivity index (χ3v) is 7.44. The Bertz CT molecular complexity index is 1410. The Hall–Kier alpha value is -3.20. The molecule has 212 valence electrons. The van der Waals surface area contributed by atoms with Crippen molar-refractivity contribution in [3.63, 3.8) is 0 Å². The first-order valence-corrected chi connectivity index (χ1v) is 12.6. The van der Waals surface area contributed by atoms with E-state index < -0.39 is 58.1 Å². The lowest BCUT2D eigenvalue weighted by atomic mass is 9.63. The van der Waals surface area contributed by atoms with Crippen LogP contribution >= 0.6 is 0 Å². The summed E-state index contributed by atoms with van der Waals surface area (Å²) >= 11 is 0. The normalized spacial score (nSPS) is 26.6. The fourth-order valence-corrected chi connectivity index (χ4v) is 4.87. The molecule has 3 saturated heterocycles. The number of aliphatic hydroxyl groups is 4. The molecule has 12 nitrogen and oxygen atoms in total. The van der Waals surface area contributed by atoms with E-state index in [9.17, 15) is 39.2 Å². The Morgan fingerprint density at radius 1 is 1.10 bits per heavy atom. The van der Waals surface area contributed by atoms with E-state index in [2.05, 4.69) is 16.8 Å². The molecule has 3 aliphatic heterocycles. The number of benzene rings is 1. The third-order valence-electron chi connectivity index (χ3n) is 7.44. The molecule has 0 saturated carbocycles. The molecule has 0 bridgehead atoms. The van der Waals surface area contributed by atoms with Crippen LogP contribution in [0.5, 0.6) is 0 Å². The molecule has 1 aromatic carbocycles. The van der Waals surface area contributed by atoms with Gasteiger partial charge in [-0.05, 0) is 28.9 Å². The number of nitrogens with zero attached hydrogens (tertiary/aromatic N) is 2. The van der Waals surface area contributed by atoms with Gasteiger partial charge in [0, 0.05) is 43.9 Å². The van der Waals surface area contributed by atoms with Crippen molar-refractivity contribution < 1.29 is 43.9 Å². The predicted octanol–water partition coefficient (Wildman–Crippen LogP) is -4.04. The molecule has 1 atom stereocenters. The van der Waals surface area contributed by atoms with Gasteiger partial charge in [0.25, 0.3) is 17.6 Å². The summed E-state index contributed by atoms with van der Waals surface area (Å²) in [6.07, 6.45) is 0. The molecule has 6 N–H and O–H groups in total. The highest BCUT2D eigenvalue weighted by atomic mass is 19.1. The highest BCUT2D eigenvalue weighted by Gasteiger charge is 2.73. The number of nitrogens with one attached hydrogen (secondary N) is 2. The number of hydrogen-bond donors (Lipinski definition) is 6. The fraction of sp³-hybridized carbons (Fsp3) is 0.400. The summed E-state index contributed by atoms with van der Waals surface area (Å²) in [5.41, 5.74) is -3.92. The first-order chi connectivity index (χ1) is 19.5. The zero-order chi connectivity index (χ0) is 31.2. The largest absolute Gasteiger partial charge is 0.393 e. The average molecular weight is 572 g/mol. The van der Waals surface area contributed by atoms with Gasteiger partial charge in [-0.15, -0.1) is 12.1 Å². The summed E-state index contributed by atoms with van der Waals surface area (Å²) in [6.45, 7) is 5.72. The van der Waals surface area contributed by atoms with Crippen LogP contribution in [0.3, 0.4) is 0 Å². The molecule has 3 amide bonds. The van der Waals surface area contributed by atoms with Gasteiger partial charge in [-0.3, -0.25) is 24.6 Å². The number of amides is 3. The van der Waals surface area contributed by atoms with Gasteiger partial charge >= 0.3 is 5.79 Å². The van der Waals surface area contributed by atoms with Crippen molar-refractivity contribution in [3.8, 4) is 0 Å². The number of halogens is 1. The van der Waals surface area contributed by atoms with Crippen LogP contribution < -0.4 is 10.6 Å². The number of carbonyl (C=O) groups excluding carboxylic acids is 3. The van der Waals surface area contributed by atoms with Gasteiger partial charge in [-0.2, -0.15) is 0 Å². The Labute approximate surface area is 245 Å². The number of ether oxygens (including phenoxy) is 1. The standard InChI is InChI=1S/C25H25B4FN4O8/c1-12(26)18(27)17-15(11-34(20(17)35)23(29)21(36)32-22(37)24(38,39)25(23,40)41)19(28)31-9-14-8-13(2-3-16(14)30)10-33-4-6-42-7-5-33/h2-3,8,31,38-41H,1,4-7,9-11H2,(H,32,36,37)/b18-17-,19-15+. The maximum absolute atomic E-state index is 14.7. The Balaban J connectivity index is 1.68. The topological polar surface area (TPSA) is 172 Å². The fourth-order valence-electron chi connectivity index (χ4n) is 4.87. The first kappa shape index (κ1) is 31.7. The molecule has 1 aromatic rings. The second-order valence-corrected chi connectivity index (χ2v) is 10.2. The lowest BCUT2D eigenvalue weighted by Gasteiger charge is -2.52. The number of piperidine rings is 1. The molecule has 42 heavy (non-hydrogen) atoms. The van der Waals surface area contributed by atoms with Gasteiger partial charge in [0.1, 0.15) is 42.6 Å². The van der Waals surface area contributed by atoms with E-state index >= 15 is 0 Å². The van der Waals surface area contributed by atoms with E-state index in [4.69, 9.17) is 36.1 Å². The van der Waals surface area contributed by atoms with Gasteiger partial charge in [-0.1, -0.05) is 11.5 Å². The maximum Gasteiger partial charge on any atom is 0.303 e. The Morgan fingerprint density at radius 3 is 2.36 bits per heavy atom. The van der Waals surface area contributed by atoms with Crippen molar-refractivity contribution in [1.29, 1.82) is 0 Å². The molecule has 1 unspecified atom stereocenters. The predicted molar refractivity (Wildman–Crippen MR) is 147 cm³/mol. The number of likely N-dealkylation sites (tertiary alicyclic amines) is 1. The summed E-state index contributed by atoms with van der Waals surface area (Å²) in [6, 6.07) is 4.59. The van der Waals surface area contributed by atoms with Gasteiger partial charge in [0.15, 0.2) is 0 Å². The summed E-state index contributed by atoms with van der Waals surface area (Å²) in [4.78, 5) is 40.7. The molecule has 0 aliphatic carbocycles. The molecule has 0 spiro atoms. The zero-order valence-electron chi connectivity index (χ0n) is 22.4. The summed E-state index contributed by atoms with van der Waals surface area (Å²) in [5, 5.41) is 45.6. The molecule has 4 rings (SSSR count). The van der Waals surface area contributed by atoms with Crippen molar-refractivity contribution in [1.82, 2.24) is 20.4 Å². The number of morpholine rings is 1. The quantitative estimate of drug-likeness (QED) is 0.0819. The van der Waals surface area contributed by atoms with Gasteiger partial charge in [0.2, 0.25) is 5.91 Å². The smallest absolute Gasteiger partial charge is 0.303 e. The minimum absolute atomic E-state index is 0.166. The number of imide groups is 1. The van der Waals surface area contributed by atoms with E-state index in [1.807, 2.05) is 0 Å². The zero-order valence-corrected chi connectivity index (χ0v) is 22.4. The third kappa shape index (κ3) is 5.25. The van der Waals surface area contributed by atoms with Gasteiger partial charge < -0.3 is 35.4 Å². The van der Waals surface area contributed by atoms with Crippen LogP contribution in [-0.2, 0) is 32.2 Å². The minimum atomic E-state index is -4.11. The second kappa shape index (κ2) is 11.5. The molecule has 3 aliphatic rings. The maximum atomic E-state index is 14.7. The average Bonchev–Trinajstić information content (AvgIpc) is 3.28. The van der Waals surface area contributed by atoms with Crippen molar-refractivity contribution in [2.45, 2.75) is 30.1 Å². The highest BCUT2D eigenvalue weighted by Crippen LogP contribution is 2.41. The highest BCUT2D eigenvalue weighted by molar-refractivity contribution is 6.40. The van der Waals surface area contributed by atoms with Crippen LogP contribution in [0.4, 0.5) is 4.39 Å². The molecular formula is C25H25B4FN4O8. The number of rotatable bonds is 7. The summed E-state index contributed by atoms with van der Waals surface area (Å²) in [7, 11) is 23.9. The van der Waals surface area contributed by atoms with E-state index in [0.717, 1.165) is 18.7 Å².